The third-order valence-electron chi connectivity index (χ3n) is 5.22. The number of hydrogen-bond donors (Lipinski definition) is 1. The summed E-state index contributed by atoms with van der Waals surface area (Å²) in [5, 5.41) is 3.52. The van der Waals surface area contributed by atoms with Crippen molar-refractivity contribution in [1.82, 2.24) is 20.0 Å². The number of rotatable bonds is 7. The largest absolute Gasteiger partial charge is 0.497 e. The van der Waals surface area contributed by atoms with Crippen molar-refractivity contribution in [1.29, 1.82) is 0 Å². The Hall–Kier alpha value is -1.26. The first-order chi connectivity index (χ1) is 12.7. The van der Waals surface area contributed by atoms with Gasteiger partial charge in [-0.25, -0.2) is 0 Å². The van der Waals surface area contributed by atoms with Gasteiger partial charge in [-0.05, 0) is 24.3 Å². The first kappa shape index (κ1) is 22.0. The number of fused-ring (bicyclic) bond motifs is 3. The molecule has 1 N–H and O–H groups in total. The Labute approximate surface area is 179 Å². The smallest absolute Gasteiger partial charge is 0.193 e. The van der Waals surface area contributed by atoms with E-state index in [-0.39, 0.29) is 24.0 Å². The lowest BCUT2D eigenvalue weighted by atomic mass is 10.1. The molecule has 8 heteroatoms. The van der Waals surface area contributed by atoms with E-state index in [0.29, 0.717) is 12.6 Å². The van der Waals surface area contributed by atoms with Crippen LogP contribution in [0.2, 0.25) is 0 Å². The molecular weight excluding hydrogens is 457 g/mol. The molecule has 1 aromatic rings. The van der Waals surface area contributed by atoms with Crippen molar-refractivity contribution in [2.45, 2.75) is 6.04 Å². The van der Waals surface area contributed by atoms with Crippen molar-refractivity contribution in [3.05, 3.63) is 24.3 Å². The maximum Gasteiger partial charge on any atom is 0.193 e. The van der Waals surface area contributed by atoms with E-state index in [4.69, 9.17) is 9.47 Å². The first-order valence-electron chi connectivity index (χ1n) is 9.34. The monoisotopic (exact) mass is 489 g/mol. The van der Waals surface area contributed by atoms with Crippen molar-refractivity contribution in [2.75, 3.05) is 73.6 Å². The van der Waals surface area contributed by atoms with E-state index in [0.717, 1.165) is 37.1 Å². The van der Waals surface area contributed by atoms with E-state index in [1.54, 1.807) is 7.11 Å². The second kappa shape index (κ2) is 10.9. The maximum absolute atomic E-state index is 5.81. The average molecular weight is 489 g/mol. The highest BCUT2D eigenvalue weighted by atomic mass is 127. The van der Waals surface area contributed by atoms with E-state index in [9.17, 15) is 0 Å². The van der Waals surface area contributed by atoms with Gasteiger partial charge in [0.1, 0.15) is 18.1 Å². The summed E-state index contributed by atoms with van der Waals surface area (Å²) < 4.78 is 11.0. The third kappa shape index (κ3) is 6.11. The molecule has 3 aliphatic heterocycles. The maximum atomic E-state index is 5.81. The Morgan fingerprint density at radius 2 is 1.85 bits per heavy atom. The molecule has 0 saturated carbocycles. The van der Waals surface area contributed by atoms with Crippen LogP contribution in [0, 0.1) is 0 Å². The molecule has 27 heavy (non-hydrogen) atoms. The van der Waals surface area contributed by atoms with E-state index >= 15 is 0 Å². The fraction of sp³-hybridized carbons (Fsp3) is 0.632. The lowest BCUT2D eigenvalue weighted by Gasteiger charge is -2.47. The quantitative estimate of drug-likeness (QED) is 0.353. The predicted molar refractivity (Wildman–Crippen MR) is 120 cm³/mol. The molecule has 4 rings (SSSR count). The molecule has 3 heterocycles. The van der Waals surface area contributed by atoms with E-state index in [1.165, 1.54) is 26.2 Å². The number of nitrogens with one attached hydrogen (secondary N) is 1. The zero-order valence-electron chi connectivity index (χ0n) is 16.6. The van der Waals surface area contributed by atoms with Gasteiger partial charge in [-0.3, -0.25) is 14.8 Å². The van der Waals surface area contributed by atoms with Crippen LogP contribution in [0.25, 0.3) is 0 Å². The summed E-state index contributed by atoms with van der Waals surface area (Å²) in [6.45, 7) is 8.29. The molecule has 3 fully saturated rings. The van der Waals surface area contributed by atoms with Gasteiger partial charge in [0.15, 0.2) is 5.96 Å². The van der Waals surface area contributed by atoms with Gasteiger partial charge in [0.05, 0.1) is 13.7 Å². The Kier molecular flexibility index (Phi) is 8.91. The number of methoxy groups -OCH3 is 1. The zero-order chi connectivity index (χ0) is 18.4. The van der Waals surface area contributed by atoms with Gasteiger partial charge in [-0.2, -0.15) is 0 Å². The SMILES string of the molecule is CN=C(NCC1CN2CCN1CC2)N(C)CCOc1ccc(OC)cc1.I. The van der Waals surface area contributed by atoms with E-state index in [2.05, 4.69) is 25.0 Å². The molecule has 0 radical (unpaired) electrons. The number of nitrogens with zero attached hydrogens (tertiary/aromatic N) is 4. The van der Waals surface area contributed by atoms with Crippen LogP contribution in [0.3, 0.4) is 0 Å². The van der Waals surface area contributed by atoms with Crippen LogP contribution in [0.5, 0.6) is 11.5 Å². The van der Waals surface area contributed by atoms with Crippen LogP contribution in [0.15, 0.2) is 29.3 Å². The Morgan fingerprint density at radius 1 is 1.19 bits per heavy atom. The fourth-order valence-corrected chi connectivity index (χ4v) is 3.59. The topological polar surface area (TPSA) is 52.6 Å². The van der Waals surface area contributed by atoms with Gasteiger partial charge in [-0.15, -0.1) is 24.0 Å². The van der Waals surface area contributed by atoms with Crippen LogP contribution in [0.1, 0.15) is 0 Å². The molecule has 0 aliphatic carbocycles. The molecule has 0 aromatic heterocycles. The molecule has 0 amide bonds. The lowest BCUT2D eigenvalue weighted by molar-refractivity contribution is 0.0152. The van der Waals surface area contributed by atoms with Crippen LogP contribution in [-0.2, 0) is 0 Å². The summed E-state index contributed by atoms with van der Waals surface area (Å²) in [7, 11) is 5.54. The van der Waals surface area contributed by atoms with Crippen molar-refractivity contribution in [2.24, 2.45) is 4.99 Å². The van der Waals surface area contributed by atoms with Gasteiger partial charge in [0, 0.05) is 59.4 Å². The molecular formula is C19H32IN5O2. The van der Waals surface area contributed by atoms with Crippen LogP contribution < -0.4 is 14.8 Å². The number of guanidine groups is 1. The fourth-order valence-electron chi connectivity index (χ4n) is 3.59. The molecule has 7 nitrogen and oxygen atoms in total. The summed E-state index contributed by atoms with van der Waals surface area (Å²) in [4.78, 5) is 11.7. The summed E-state index contributed by atoms with van der Waals surface area (Å²) >= 11 is 0. The highest BCUT2D eigenvalue weighted by Crippen LogP contribution is 2.17. The molecule has 1 unspecified atom stereocenters. The van der Waals surface area contributed by atoms with Gasteiger partial charge < -0.3 is 19.7 Å². The zero-order valence-corrected chi connectivity index (χ0v) is 18.9. The molecule has 3 aliphatic rings. The van der Waals surface area contributed by atoms with Crippen molar-refractivity contribution >= 4 is 29.9 Å². The van der Waals surface area contributed by atoms with Crippen molar-refractivity contribution in [3.8, 4) is 11.5 Å². The minimum atomic E-state index is 0. The molecule has 1 atom stereocenters. The van der Waals surface area contributed by atoms with E-state index in [1.807, 2.05) is 38.4 Å². The van der Waals surface area contributed by atoms with Gasteiger partial charge >= 0.3 is 0 Å². The highest BCUT2D eigenvalue weighted by Gasteiger charge is 2.31. The molecule has 0 spiro atoms. The lowest BCUT2D eigenvalue weighted by Crippen LogP contribution is -2.63. The number of likely N-dealkylation sites (N-methyl/N-ethyl adjacent to an activating group) is 1. The van der Waals surface area contributed by atoms with Crippen molar-refractivity contribution < 1.29 is 9.47 Å². The average Bonchev–Trinajstić information content (AvgIpc) is 2.70. The minimum absolute atomic E-state index is 0. The Morgan fingerprint density at radius 3 is 2.41 bits per heavy atom. The van der Waals surface area contributed by atoms with E-state index < -0.39 is 0 Å². The number of hydrogen-bond acceptors (Lipinski definition) is 5. The molecule has 152 valence electrons. The Balaban J connectivity index is 0.00000261. The summed E-state index contributed by atoms with van der Waals surface area (Å²) in [5.74, 6) is 2.60. The van der Waals surface area contributed by atoms with Gasteiger partial charge in [0.25, 0.3) is 0 Å². The van der Waals surface area contributed by atoms with Crippen LogP contribution in [-0.4, -0.2) is 100 Å². The standard InChI is InChI=1S/C19H31N5O2.HI/c1-20-19(21-14-16-15-23-8-10-24(16)11-9-23)22(2)12-13-26-18-6-4-17(25-3)5-7-18;/h4-7,16H,8-15H2,1-3H3,(H,20,21);1H. The summed E-state index contributed by atoms with van der Waals surface area (Å²) in [5.41, 5.74) is 0. The Bertz CT molecular complexity index is 590. The molecule has 3 saturated heterocycles. The number of aliphatic imine (C=N–C) groups is 1. The normalized spacial score (nSPS) is 24.1. The van der Waals surface area contributed by atoms with Crippen molar-refractivity contribution in [3.63, 3.8) is 0 Å². The van der Waals surface area contributed by atoms with Gasteiger partial charge in [-0.1, -0.05) is 0 Å². The summed E-state index contributed by atoms with van der Waals surface area (Å²) in [6.07, 6.45) is 0. The number of halogens is 1. The number of piperazine rings is 3. The minimum Gasteiger partial charge on any atom is -0.497 e. The number of ether oxygens (including phenoxy) is 2. The summed E-state index contributed by atoms with van der Waals surface area (Å²) in [6, 6.07) is 8.24. The second-order valence-corrected chi connectivity index (χ2v) is 6.86. The molecule has 2 bridgehead atoms. The van der Waals surface area contributed by atoms with Gasteiger partial charge in [0.2, 0.25) is 0 Å². The predicted octanol–water partition coefficient (Wildman–Crippen LogP) is 1.20. The second-order valence-electron chi connectivity index (χ2n) is 6.86. The molecule has 1 aromatic carbocycles. The van der Waals surface area contributed by atoms with Crippen LogP contribution in [0.4, 0.5) is 0 Å². The first-order valence-corrected chi connectivity index (χ1v) is 9.34. The third-order valence-corrected chi connectivity index (χ3v) is 5.22. The van der Waals surface area contributed by atoms with Crippen LogP contribution >= 0.6 is 24.0 Å². The highest BCUT2D eigenvalue weighted by molar-refractivity contribution is 14.0. The number of benzene rings is 1.